The zero-order valence-electron chi connectivity index (χ0n) is 17.8. The lowest BCUT2D eigenvalue weighted by Crippen LogP contribution is -2.11. The van der Waals surface area contributed by atoms with E-state index in [0.717, 1.165) is 13.4 Å². The Bertz CT molecular complexity index is 161. The quantitative estimate of drug-likeness (QED) is 0.265. The molecule has 0 unspecified atom stereocenters. The summed E-state index contributed by atoms with van der Waals surface area (Å²) in [6.07, 6.45) is 21.3. The maximum absolute atomic E-state index is 2.30. The lowest BCUT2D eigenvalue weighted by atomic mass is 9.41. The molecule has 0 aromatic heterocycles. The van der Waals surface area contributed by atoms with E-state index in [1.807, 2.05) is 0 Å². The Balaban J connectivity index is 0. The van der Waals surface area contributed by atoms with Gasteiger partial charge in [0.15, 0.2) is 0 Å². The predicted molar refractivity (Wildman–Crippen MR) is 116 cm³/mol. The topological polar surface area (TPSA) is 0 Å². The van der Waals surface area contributed by atoms with Crippen molar-refractivity contribution in [1.29, 1.82) is 0 Å². The van der Waals surface area contributed by atoms with Gasteiger partial charge in [-0.1, -0.05) is 137 Å². The van der Waals surface area contributed by atoms with Crippen molar-refractivity contribution >= 4 is 13.4 Å². The SMILES string of the molecule is CCCB(CCC)CCC.CCCCB(CCCC)CCCC. The molecule has 0 aliphatic carbocycles. The van der Waals surface area contributed by atoms with Crippen LogP contribution in [-0.2, 0) is 0 Å². The van der Waals surface area contributed by atoms with E-state index in [0.29, 0.717) is 0 Å². The maximum Gasteiger partial charge on any atom is 0.139 e. The summed E-state index contributed by atoms with van der Waals surface area (Å²) in [5, 5.41) is 0. The van der Waals surface area contributed by atoms with E-state index in [2.05, 4.69) is 41.5 Å². The molecular weight excluding hydrogens is 274 g/mol. The third-order valence-corrected chi connectivity index (χ3v) is 4.99. The van der Waals surface area contributed by atoms with Crippen LogP contribution in [0.1, 0.15) is 99.3 Å². The molecule has 0 N–H and O–H groups in total. The molecule has 0 nitrogen and oxygen atoms in total. The second-order valence-electron chi connectivity index (χ2n) is 7.52. The van der Waals surface area contributed by atoms with Gasteiger partial charge in [0.2, 0.25) is 0 Å². The second-order valence-corrected chi connectivity index (χ2v) is 7.52. The third kappa shape index (κ3) is 20.1. The minimum absolute atomic E-state index is 1.03. The van der Waals surface area contributed by atoms with Crippen LogP contribution >= 0.6 is 0 Å². The van der Waals surface area contributed by atoms with Gasteiger partial charge in [0.05, 0.1) is 0 Å². The van der Waals surface area contributed by atoms with Gasteiger partial charge in [-0.25, -0.2) is 0 Å². The first-order valence-corrected chi connectivity index (χ1v) is 11.2. The van der Waals surface area contributed by atoms with E-state index in [9.17, 15) is 0 Å². The second kappa shape index (κ2) is 22.1. The fourth-order valence-electron chi connectivity index (χ4n) is 3.57. The van der Waals surface area contributed by atoms with Gasteiger partial charge >= 0.3 is 0 Å². The van der Waals surface area contributed by atoms with Gasteiger partial charge in [0.25, 0.3) is 0 Å². The Hall–Kier alpha value is 0.130. The number of rotatable bonds is 15. The lowest BCUT2D eigenvalue weighted by molar-refractivity contribution is 0.812. The summed E-state index contributed by atoms with van der Waals surface area (Å²) in [4.78, 5) is 0. The molecule has 0 saturated carbocycles. The van der Waals surface area contributed by atoms with Crippen molar-refractivity contribution in [3.8, 4) is 0 Å². The molecule has 138 valence electrons. The highest BCUT2D eigenvalue weighted by atomic mass is 13.9. The first-order chi connectivity index (χ1) is 11.2. The zero-order valence-corrected chi connectivity index (χ0v) is 17.8. The third-order valence-electron chi connectivity index (χ3n) is 4.99. The van der Waals surface area contributed by atoms with Crippen LogP contribution in [0.2, 0.25) is 37.9 Å². The van der Waals surface area contributed by atoms with E-state index >= 15 is 0 Å². The minimum Gasteiger partial charge on any atom is -0.0744 e. The Labute approximate surface area is 151 Å². The standard InChI is InChI=1S/C12H27B.C9H21B/c1-4-7-10-13(11-8-5-2)12-9-6-3;1-4-7-10(8-5-2)9-6-3/h4-12H2,1-3H3;4-9H2,1-3H3. The first-order valence-electron chi connectivity index (χ1n) is 11.2. The van der Waals surface area contributed by atoms with Gasteiger partial charge in [0, 0.05) is 0 Å². The molecule has 0 atom stereocenters. The Morgan fingerprint density at radius 2 is 0.609 bits per heavy atom. The van der Waals surface area contributed by atoms with Gasteiger partial charge in [-0.2, -0.15) is 0 Å². The van der Waals surface area contributed by atoms with E-state index < -0.39 is 0 Å². The largest absolute Gasteiger partial charge is 0.139 e. The van der Waals surface area contributed by atoms with Gasteiger partial charge < -0.3 is 0 Å². The number of hydrogen-bond acceptors (Lipinski definition) is 0. The van der Waals surface area contributed by atoms with Crippen molar-refractivity contribution in [2.24, 2.45) is 0 Å². The normalized spacial score (nSPS) is 10.2. The van der Waals surface area contributed by atoms with E-state index in [1.165, 1.54) is 95.7 Å². The highest BCUT2D eigenvalue weighted by Crippen LogP contribution is 2.16. The van der Waals surface area contributed by atoms with E-state index in [4.69, 9.17) is 0 Å². The van der Waals surface area contributed by atoms with Crippen LogP contribution in [0.25, 0.3) is 0 Å². The molecule has 0 aromatic carbocycles. The molecule has 23 heavy (non-hydrogen) atoms. The van der Waals surface area contributed by atoms with Crippen molar-refractivity contribution in [3.05, 3.63) is 0 Å². The molecule has 0 aliphatic rings. The van der Waals surface area contributed by atoms with E-state index in [-0.39, 0.29) is 0 Å². The summed E-state index contributed by atoms with van der Waals surface area (Å²) < 4.78 is 0. The lowest BCUT2D eigenvalue weighted by Gasteiger charge is -2.11. The number of hydrogen-bond donors (Lipinski definition) is 0. The molecular formula is C21H48B2. The molecule has 0 radical (unpaired) electrons. The summed E-state index contributed by atoms with van der Waals surface area (Å²) in [5.74, 6) is 0. The summed E-state index contributed by atoms with van der Waals surface area (Å²) in [6.45, 7) is 15.8. The molecule has 0 bridgehead atoms. The van der Waals surface area contributed by atoms with Crippen LogP contribution in [0.5, 0.6) is 0 Å². The average Bonchev–Trinajstić information content (AvgIpc) is 2.55. The maximum atomic E-state index is 2.30. The monoisotopic (exact) mass is 322 g/mol. The molecule has 0 rings (SSSR count). The van der Waals surface area contributed by atoms with Crippen molar-refractivity contribution in [3.63, 3.8) is 0 Å². The molecule has 0 spiro atoms. The summed E-state index contributed by atoms with van der Waals surface area (Å²) in [5.41, 5.74) is 0. The highest BCUT2D eigenvalue weighted by Gasteiger charge is 2.11. The van der Waals surface area contributed by atoms with Crippen molar-refractivity contribution in [2.75, 3.05) is 0 Å². The fourth-order valence-corrected chi connectivity index (χ4v) is 3.57. The number of unbranched alkanes of at least 4 members (excludes halogenated alkanes) is 3. The first kappa shape index (κ1) is 25.4. The molecule has 0 aliphatic heterocycles. The van der Waals surface area contributed by atoms with Crippen molar-refractivity contribution in [1.82, 2.24) is 0 Å². The van der Waals surface area contributed by atoms with Crippen molar-refractivity contribution < 1.29 is 0 Å². The molecule has 0 amide bonds. The van der Waals surface area contributed by atoms with Crippen LogP contribution in [-0.4, -0.2) is 13.4 Å². The molecule has 0 saturated heterocycles. The van der Waals surface area contributed by atoms with Crippen LogP contribution < -0.4 is 0 Å². The predicted octanol–water partition coefficient (Wildman–Crippen LogP) is 8.59. The summed E-state index contributed by atoms with van der Waals surface area (Å²) >= 11 is 0. The summed E-state index contributed by atoms with van der Waals surface area (Å²) in [6, 6.07) is 0. The summed E-state index contributed by atoms with van der Waals surface area (Å²) in [7, 11) is 0. The van der Waals surface area contributed by atoms with Crippen LogP contribution in [0, 0.1) is 0 Å². The van der Waals surface area contributed by atoms with Gasteiger partial charge in [-0.15, -0.1) is 0 Å². The Kier molecular flexibility index (Phi) is 24.4. The van der Waals surface area contributed by atoms with Crippen molar-refractivity contribution in [2.45, 2.75) is 137 Å². The van der Waals surface area contributed by atoms with Crippen LogP contribution in [0.3, 0.4) is 0 Å². The molecule has 0 heterocycles. The molecule has 0 aromatic rings. The van der Waals surface area contributed by atoms with Gasteiger partial charge in [-0.3, -0.25) is 0 Å². The smallest absolute Gasteiger partial charge is 0.0744 e. The minimum atomic E-state index is 1.03. The average molecular weight is 322 g/mol. The molecule has 0 fully saturated rings. The molecule has 2 heteroatoms. The van der Waals surface area contributed by atoms with E-state index in [1.54, 1.807) is 0 Å². The van der Waals surface area contributed by atoms with Gasteiger partial charge in [-0.05, 0) is 0 Å². The van der Waals surface area contributed by atoms with Gasteiger partial charge in [0.1, 0.15) is 13.4 Å². The zero-order chi connectivity index (χ0) is 17.8. The van der Waals surface area contributed by atoms with Crippen LogP contribution in [0.15, 0.2) is 0 Å². The Morgan fingerprint density at radius 1 is 0.348 bits per heavy atom. The van der Waals surface area contributed by atoms with Crippen LogP contribution in [0.4, 0.5) is 0 Å². The highest BCUT2D eigenvalue weighted by molar-refractivity contribution is 6.59. The fraction of sp³-hybridized carbons (Fsp3) is 1.00. The Morgan fingerprint density at radius 3 is 0.826 bits per heavy atom.